The van der Waals surface area contributed by atoms with Crippen molar-refractivity contribution in [1.82, 2.24) is 10.2 Å². The van der Waals surface area contributed by atoms with Crippen molar-refractivity contribution in [3.63, 3.8) is 0 Å². The number of carbonyl (C=O) groups excluding carboxylic acids is 1. The Labute approximate surface area is 147 Å². The molecule has 0 bridgehead atoms. The molecule has 0 aliphatic carbocycles. The number of carbonyl (C=O) groups is 1. The van der Waals surface area contributed by atoms with Gasteiger partial charge in [0.15, 0.2) is 0 Å². The van der Waals surface area contributed by atoms with Gasteiger partial charge in [0, 0.05) is 47.3 Å². The Bertz CT molecular complexity index is 502. The van der Waals surface area contributed by atoms with E-state index in [1.165, 1.54) is 0 Å². The average molecular weight is 357 g/mol. The van der Waals surface area contributed by atoms with Crippen molar-refractivity contribution in [2.24, 2.45) is 0 Å². The van der Waals surface area contributed by atoms with E-state index in [0.29, 0.717) is 13.0 Å². The first-order valence-electron chi connectivity index (χ1n) is 7.95. The lowest BCUT2D eigenvalue weighted by molar-refractivity contribution is -0.121. The average Bonchev–Trinajstić information content (AvgIpc) is 2.56. The van der Waals surface area contributed by atoms with Crippen molar-refractivity contribution in [1.29, 1.82) is 0 Å². The second kappa shape index (κ2) is 8.92. The molecular weight excluding hydrogens is 332 g/mol. The van der Waals surface area contributed by atoms with Crippen LogP contribution in [-0.4, -0.2) is 54.9 Å². The Kier molecular flexibility index (Phi) is 7.21. The predicted molar refractivity (Wildman–Crippen MR) is 96.3 cm³/mol. The summed E-state index contributed by atoms with van der Waals surface area (Å²) in [6.07, 6.45) is 0.520. The number of ether oxygens (including phenoxy) is 1. The molecule has 0 spiro atoms. The van der Waals surface area contributed by atoms with Crippen LogP contribution in [0.1, 0.15) is 20.3 Å². The Morgan fingerprint density at radius 1 is 1.30 bits per heavy atom. The van der Waals surface area contributed by atoms with Gasteiger partial charge in [0.2, 0.25) is 5.91 Å². The number of nitrogens with one attached hydrogen (secondary N) is 1. The molecule has 0 atom stereocenters. The molecule has 1 aliphatic rings. The molecule has 0 aromatic heterocycles. The van der Waals surface area contributed by atoms with Crippen LogP contribution >= 0.6 is 23.4 Å². The van der Waals surface area contributed by atoms with Gasteiger partial charge in [-0.05, 0) is 38.1 Å². The van der Waals surface area contributed by atoms with E-state index in [1.54, 1.807) is 11.8 Å². The molecule has 0 unspecified atom stereocenters. The van der Waals surface area contributed by atoms with Crippen molar-refractivity contribution in [3.8, 4) is 0 Å². The molecule has 128 valence electrons. The first kappa shape index (κ1) is 18.6. The molecule has 1 aliphatic heterocycles. The third-order valence-corrected chi connectivity index (χ3v) is 5.26. The van der Waals surface area contributed by atoms with Gasteiger partial charge in [0.1, 0.15) is 0 Å². The van der Waals surface area contributed by atoms with Crippen molar-refractivity contribution >= 4 is 29.3 Å². The van der Waals surface area contributed by atoms with Crippen LogP contribution in [0.15, 0.2) is 29.2 Å². The van der Waals surface area contributed by atoms with E-state index in [2.05, 4.69) is 24.1 Å². The zero-order valence-corrected chi connectivity index (χ0v) is 15.4. The van der Waals surface area contributed by atoms with E-state index in [9.17, 15) is 4.79 Å². The smallest absolute Gasteiger partial charge is 0.220 e. The van der Waals surface area contributed by atoms with Gasteiger partial charge in [0.25, 0.3) is 0 Å². The summed E-state index contributed by atoms with van der Waals surface area (Å²) >= 11 is 7.53. The van der Waals surface area contributed by atoms with Gasteiger partial charge < -0.3 is 10.1 Å². The third-order valence-electron chi connectivity index (χ3n) is 4.00. The summed E-state index contributed by atoms with van der Waals surface area (Å²) in [4.78, 5) is 15.5. The minimum atomic E-state index is -0.0389. The fraction of sp³-hybridized carbons (Fsp3) is 0.588. The molecule has 4 nitrogen and oxygen atoms in total. The summed E-state index contributed by atoms with van der Waals surface area (Å²) in [5.74, 6) is 0.874. The lowest BCUT2D eigenvalue weighted by atomic mass is 10.0. The van der Waals surface area contributed by atoms with E-state index in [0.717, 1.165) is 42.0 Å². The number of halogens is 1. The minimum absolute atomic E-state index is 0.0389. The van der Waals surface area contributed by atoms with Crippen LogP contribution in [0.2, 0.25) is 5.02 Å². The molecule has 2 rings (SSSR count). The number of thioether (sulfide) groups is 1. The van der Waals surface area contributed by atoms with Gasteiger partial charge in [-0.2, -0.15) is 0 Å². The second-order valence-corrected chi connectivity index (χ2v) is 7.85. The maximum atomic E-state index is 12.0. The van der Waals surface area contributed by atoms with E-state index >= 15 is 0 Å². The van der Waals surface area contributed by atoms with Gasteiger partial charge in [-0.1, -0.05) is 11.6 Å². The fourth-order valence-corrected chi connectivity index (χ4v) is 3.45. The van der Waals surface area contributed by atoms with Gasteiger partial charge in [-0.3, -0.25) is 9.69 Å². The number of hydrogen-bond acceptors (Lipinski definition) is 4. The normalized spacial score (nSPS) is 16.3. The molecule has 1 aromatic carbocycles. The van der Waals surface area contributed by atoms with E-state index in [4.69, 9.17) is 16.3 Å². The van der Waals surface area contributed by atoms with E-state index < -0.39 is 0 Å². The largest absolute Gasteiger partial charge is 0.379 e. The van der Waals surface area contributed by atoms with Crippen LogP contribution in [0.3, 0.4) is 0 Å². The number of benzene rings is 1. The zero-order chi connectivity index (χ0) is 16.7. The van der Waals surface area contributed by atoms with Crippen LogP contribution in [0.4, 0.5) is 0 Å². The van der Waals surface area contributed by atoms with E-state index in [1.807, 2.05) is 24.3 Å². The predicted octanol–water partition coefficient (Wildman–Crippen LogP) is 3.05. The first-order valence-corrected chi connectivity index (χ1v) is 9.31. The van der Waals surface area contributed by atoms with Crippen LogP contribution < -0.4 is 5.32 Å². The highest BCUT2D eigenvalue weighted by molar-refractivity contribution is 7.99. The molecule has 23 heavy (non-hydrogen) atoms. The van der Waals surface area contributed by atoms with E-state index in [-0.39, 0.29) is 11.4 Å². The lowest BCUT2D eigenvalue weighted by Gasteiger charge is -2.40. The van der Waals surface area contributed by atoms with Gasteiger partial charge in [0.05, 0.1) is 13.2 Å². The van der Waals surface area contributed by atoms with Crippen molar-refractivity contribution < 1.29 is 9.53 Å². The Morgan fingerprint density at radius 3 is 2.61 bits per heavy atom. The standard InChI is InChI=1S/C17H25ClN2O2S/c1-17(2,20-8-10-22-11-9-20)13-19-16(21)7-12-23-15-5-3-14(18)4-6-15/h3-6H,7-13H2,1-2H3,(H,19,21). The Morgan fingerprint density at radius 2 is 1.96 bits per heavy atom. The van der Waals surface area contributed by atoms with Crippen LogP contribution in [0.25, 0.3) is 0 Å². The summed E-state index contributed by atoms with van der Waals surface area (Å²) in [7, 11) is 0. The number of morpholine rings is 1. The topological polar surface area (TPSA) is 41.6 Å². The summed E-state index contributed by atoms with van der Waals surface area (Å²) in [6.45, 7) is 8.40. The van der Waals surface area contributed by atoms with Crippen LogP contribution in [0, 0.1) is 0 Å². The monoisotopic (exact) mass is 356 g/mol. The molecule has 6 heteroatoms. The summed E-state index contributed by atoms with van der Waals surface area (Å²) in [5.41, 5.74) is -0.0389. The van der Waals surface area contributed by atoms with Crippen LogP contribution in [0.5, 0.6) is 0 Å². The quantitative estimate of drug-likeness (QED) is 0.762. The lowest BCUT2D eigenvalue weighted by Crippen LogP contribution is -2.55. The van der Waals surface area contributed by atoms with Gasteiger partial charge in [-0.15, -0.1) is 11.8 Å². The molecule has 0 radical (unpaired) electrons. The van der Waals surface area contributed by atoms with Gasteiger partial charge in [-0.25, -0.2) is 0 Å². The highest BCUT2D eigenvalue weighted by atomic mass is 35.5. The summed E-state index contributed by atoms with van der Waals surface area (Å²) < 4.78 is 5.38. The number of amides is 1. The fourth-order valence-electron chi connectivity index (χ4n) is 2.48. The van der Waals surface area contributed by atoms with Crippen molar-refractivity contribution in [2.45, 2.75) is 30.7 Å². The number of hydrogen-bond donors (Lipinski definition) is 1. The Balaban J connectivity index is 1.67. The molecule has 1 fully saturated rings. The van der Waals surface area contributed by atoms with Gasteiger partial charge >= 0.3 is 0 Å². The molecule has 1 saturated heterocycles. The second-order valence-electron chi connectivity index (χ2n) is 6.24. The molecule has 1 aromatic rings. The highest BCUT2D eigenvalue weighted by Crippen LogP contribution is 2.21. The molecular formula is C17H25ClN2O2S. The summed E-state index contributed by atoms with van der Waals surface area (Å²) in [5, 5.41) is 3.79. The minimum Gasteiger partial charge on any atom is -0.379 e. The molecule has 0 saturated carbocycles. The number of rotatable bonds is 7. The first-order chi connectivity index (χ1) is 11.0. The number of nitrogens with zero attached hydrogens (tertiary/aromatic N) is 1. The van der Waals surface area contributed by atoms with Crippen molar-refractivity contribution in [2.75, 3.05) is 38.6 Å². The maximum Gasteiger partial charge on any atom is 0.220 e. The maximum absolute atomic E-state index is 12.0. The summed E-state index contributed by atoms with van der Waals surface area (Å²) in [6, 6.07) is 7.70. The Hall–Kier alpha value is -0.750. The molecule has 1 heterocycles. The SMILES string of the molecule is CC(C)(CNC(=O)CCSc1ccc(Cl)cc1)N1CCOCC1. The zero-order valence-electron chi connectivity index (χ0n) is 13.8. The van der Waals surface area contributed by atoms with Crippen molar-refractivity contribution in [3.05, 3.63) is 29.3 Å². The molecule has 1 N–H and O–H groups in total. The third kappa shape index (κ3) is 6.34. The molecule has 1 amide bonds. The van der Waals surface area contributed by atoms with Crippen LogP contribution in [-0.2, 0) is 9.53 Å². The highest BCUT2D eigenvalue weighted by Gasteiger charge is 2.28.